The minimum atomic E-state index is 0.290. The Morgan fingerprint density at radius 1 is 1.14 bits per heavy atom. The van der Waals surface area contributed by atoms with Crippen LogP contribution in [0.15, 0.2) is 36.4 Å². The molecule has 0 aliphatic rings. The van der Waals surface area contributed by atoms with E-state index in [-0.39, 0.29) is 0 Å². The number of hydrogen-bond acceptors (Lipinski definition) is 5. The van der Waals surface area contributed by atoms with E-state index in [1.54, 1.807) is 16.8 Å². The average Bonchev–Trinajstić information content (AvgIpc) is 3.06. The second-order valence-electron chi connectivity index (χ2n) is 6.17. The standard InChI is InChI=1S/C20H22Cl2N4O2S/c1-3-18-24-25-20(29)26(18)23-11-13-6-5-7-17(27-4-2)19(13)28-12-14-8-9-15(21)10-16(14)22/h5-10,23H,3-4,11-12H2,1-2H3,(H,25,29). The minimum Gasteiger partial charge on any atom is -0.490 e. The van der Waals surface area contributed by atoms with Crippen LogP contribution in [0.2, 0.25) is 10.0 Å². The van der Waals surface area contributed by atoms with Crippen molar-refractivity contribution in [2.75, 3.05) is 12.0 Å². The lowest BCUT2D eigenvalue weighted by Crippen LogP contribution is -2.18. The van der Waals surface area contributed by atoms with E-state index in [1.807, 2.05) is 38.1 Å². The number of aromatic amines is 1. The van der Waals surface area contributed by atoms with Gasteiger partial charge in [0.15, 0.2) is 17.3 Å². The van der Waals surface area contributed by atoms with Crippen molar-refractivity contribution in [3.8, 4) is 11.5 Å². The Hall–Kier alpha value is -2.22. The predicted molar refractivity (Wildman–Crippen MR) is 118 cm³/mol. The van der Waals surface area contributed by atoms with Crippen LogP contribution in [0.3, 0.4) is 0 Å². The van der Waals surface area contributed by atoms with Crippen molar-refractivity contribution in [1.82, 2.24) is 14.9 Å². The molecule has 0 unspecified atom stereocenters. The molecule has 2 aromatic carbocycles. The summed E-state index contributed by atoms with van der Waals surface area (Å²) < 4.78 is 14.2. The molecule has 9 heteroatoms. The normalized spacial score (nSPS) is 10.8. The molecule has 0 aliphatic heterocycles. The van der Waals surface area contributed by atoms with Gasteiger partial charge in [0.05, 0.1) is 13.2 Å². The second-order valence-corrected chi connectivity index (χ2v) is 7.40. The van der Waals surface area contributed by atoms with Crippen molar-refractivity contribution < 1.29 is 9.47 Å². The van der Waals surface area contributed by atoms with Crippen molar-refractivity contribution in [2.24, 2.45) is 0 Å². The van der Waals surface area contributed by atoms with Crippen LogP contribution in [0.25, 0.3) is 0 Å². The maximum atomic E-state index is 6.28. The zero-order chi connectivity index (χ0) is 20.8. The molecule has 1 heterocycles. The number of nitrogens with zero attached hydrogens (tertiary/aromatic N) is 2. The van der Waals surface area contributed by atoms with Crippen LogP contribution >= 0.6 is 35.4 Å². The molecule has 154 valence electrons. The molecule has 3 aromatic rings. The van der Waals surface area contributed by atoms with Crippen LogP contribution in [-0.4, -0.2) is 21.5 Å². The minimum absolute atomic E-state index is 0.290. The van der Waals surface area contributed by atoms with Gasteiger partial charge in [-0.15, -0.1) is 0 Å². The van der Waals surface area contributed by atoms with E-state index in [1.165, 1.54) is 0 Å². The Labute approximate surface area is 184 Å². The van der Waals surface area contributed by atoms with Crippen molar-refractivity contribution in [1.29, 1.82) is 0 Å². The highest BCUT2D eigenvalue weighted by Gasteiger charge is 2.13. The predicted octanol–water partition coefficient (Wildman–Crippen LogP) is 5.53. The zero-order valence-corrected chi connectivity index (χ0v) is 18.5. The number of ether oxygens (including phenoxy) is 2. The fraction of sp³-hybridized carbons (Fsp3) is 0.300. The highest BCUT2D eigenvalue weighted by Crippen LogP contribution is 2.33. The summed E-state index contributed by atoms with van der Waals surface area (Å²) in [5.41, 5.74) is 5.06. The van der Waals surface area contributed by atoms with Gasteiger partial charge in [-0.3, -0.25) is 5.10 Å². The van der Waals surface area contributed by atoms with Crippen LogP contribution in [-0.2, 0) is 19.6 Å². The number of benzene rings is 2. The highest BCUT2D eigenvalue weighted by atomic mass is 35.5. The molecule has 0 spiro atoms. The quantitative estimate of drug-likeness (QED) is 0.417. The summed E-state index contributed by atoms with van der Waals surface area (Å²) in [6.07, 6.45) is 0.748. The number of halogens is 2. The van der Waals surface area contributed by atoms with E-state index in [2.05, 4.69) is 15.6 Å². The van der Waals surface area contributed by atoms with Crippen LogP contribution in [0.4, 0.5) is 0 Å². The molecule has 1 aromatic heterocycles. The monoisotopic (exact) mass is 452 g/mol. The van der Waals surface area contributed by atoms with Crippen LogP contribution in [0, 0.1) is 4.77 Å². The summed E-state index contributed by atoms with van der Waals surface area (Å²) in [5.74, 6) is 2.15. The Morgan fingerprint density at radius 2 is 1.97 bits per heavy atom. The van der Waals surface area contributed by atoms with Gasteiger partial charge in [0.2, 0.25) is 4.77 Å². The maximum absolute atomic E-state index is 6.28. The molecular weight excluding hydrogens is 431 g/mol. The molecule has 2 N–H and O–H groups in total. The summed E-state index contributed by atoms with van der Waals surface area (Å²) in [6, 6.07) is 11.1. The molecule has 0 radical (unpaired) electrons. The first-order valence-electron chi connectivity index (χ1n) is 9.25. The van der Waals surface area contributed by atoms with E-state index in [4.69, 9.17) is 44.9 Å². The van der Waals surface area contributed by atoms with Crippen molar-refractivity contribution in [2.45, 2.75) is 33.4 Å². The first-order chi connectivity index (χ1) is 14.0. The lowest BCUT2D eigenvalue weighted by Gasteiger charge is -2.18. The third-order valence-corrected chi connectivity index (χ3v) is 5.09. The van der Waals surface area contributed by atoms with Crippen molar-refractivity contribution in [3.63, 3.8) is 0 Å². The zero-order valence-electron chi connectivity index (χ0n) is 16.2. The van der Waals surface area contributed by atoms with Crippen LogP contribution < -0.4 is 14.9 Å². The molecule has 0 atom stereocenters. The molecule has 0 bridgehead atoms. The Morgan fingerprint density at radius 3 is 2.69 bits per heavy atom. The number of rotatable bonds is 9. The number of hydrogen-bond donors (Lipinski definition) is 2. The van der Waals surface area contributed by atoms with E-state index in [9.17, 15) is 0 Å². The van der Waals surface area contributed by atoms with Crippen molar-refractivity contribution >= 4 is 35.4 Å². The number of H-pyrrole nitrogens is 1. The van der Waals surface area contributed by atoms with Crippen LogP contribution in [0.5, 0.6) is 11.5 Å². The summed E-state index contributed by atoms with van der Waals surface area (Å²) >= 11 is 17.6. The van der Waals surface area contributed by atoms with E-state index in [0.29, 0.717) is 46.1 Å². The third-order valence-electron chi connectivity index (χ3n) is 4.23. The summed E-state index contributed by atoms with van der Waals surface area (Å²) in [7, 11) is 0. The number of nitrogens with one attached hydrogen (secondary N) is 2. The van der Waals surface area contributed by atoms with Gasteiger partial charge in [-0.05, 0) is 37.3 Å². The van der Waals surface area contributed by atoms with Gasteiger partial charge >= 0.3 is 0 Å². The van der Waals surface area contributed by atoms with Gasteiger partial charge in [-0.1, -0.05) is 48.3 Å². The van der Waals surface area contributed by atoms with Gasteiger partial charge < -0.3 is 14.9 Å². The first-order valence-corrected chi connectivity index (χ1v) is 10.4. The fourth-order valence-electron chi connectivity index (χ4n) is 2.82. The number of aryl methyl sites for hydroxylation is 1. The summed E-state index contributed by atoms with van der Waals surface area (Å²) in [4.78, 5) is 0. The molecular formula is C20H22Cl2N4O2S. The summed E-state index contributed by atoms with van der Waals surface area (Å²) in [6.45, 7) is 5.25. The van der Waals surface area contributed by atoms with Gasteiger partial charge in [0.25, 0.3) is 0 Å². The van der Waals surface area contributed by atoms with Crippen molar-refractivity contribution in [3.05, 3.63) is 68.2 Å². The van der Waals surface area contributed by atoms with E-state index >= 15 is 0 Å². The topological polar surface area (TPSA) is 64.1 Å². The smallest absolute Gasteiger partial charge is 0.214 e. The Bertz CT molecular complexity index is 1040. The average molecular weight is 453 g/mol. The first kappa shape index (κ1) is 21.5. The molecule has 0 saturated carbocycles. The highest BCUT2D eigenvalue weighted by molar-refractivity contribution is 7.71. The fourth-order valence-corrected chi connectivity index (χ4v) is 3.49. The molecule has 29 heavy (non-hydrogen) atoms. The van der Waals surface area contributed by atoms with E-state index in [0.717, 1.165) is 23.4 Å². The molecule has 0 saturated heterocycles. The summed E-state index contributed by atoms with van der Waals surface area (Å²) in [5, 5.41) is 8.15. The molecule has 0 amide bonds. The van der Waals surface area contributed by atoms with Gasteiger partial charge in [-0.25, -0.2) is 4.68 Å². The third kappa shape index (κ3) is 5.23. The number of para-hydroxylation sites is 1. The second kappa shape index (κ2) is 10.0. The largest absolute Gasteiger partial charge is 0.490 e. The lowest BCUT2D eigenvalue weighted by molar-refractivity contribution is 0.267. The Balaban J connectivity index is 1.84. The molecule has 0 aliphatic carbocycles. The maximum Gasteiger partial charge on any atom is 0.214 e. The molecule has 0 fully saturated rings. The molecule has 3 rings (SSSR count). The number of aromatic nitrogens is 3. The van der Waals surface area contributed by atoms with Gasteiger partial charge in [0, 0.05) is 27.6 Å². The van der Waals surface area contributed by atoms with Crippen LogP contribution in [0.1, 0.15) is 30.8 Å². The van der Waals surface area contributed by atoms with Gasteiger partial charge in [0.1, 0.15) is 6.61 Å². The van der Waals surface area contributed by atoms with E-state index < -0.39 is 0 Å². The van der Waals surface area contributed by atoms with Gasteiger partial charge in [-0.2, -0.15) is 5.10 Å². The SMILES string of the molecule is CCOc1cccc(CNn2c(CC)n[nH]c2=S)c1OCc1ccc(Cl)cc1Cl. The lowest BCUT2D eigenvalue weighted by atomic mass is 10.2. The molecule has 6 nitrogen and oxygen atoms in total. The Kier molecular flexibility index (Phi) is 7.41.